The Kier molecular flexibility index (Phi) is 5.25. The molecule has 126 valence electrons. The van der Waals surface area contributed by atoms with Crippen molar-refractivity contribution in [3.8, 4) is 11.6 Å². The molecular formula is C18H21N3O3. The Morgan fingerprint density at radius 1 is 1.29 bits per heavy atom. The lowest BCUT2D eigenvalue weighted by atomic mass is 10.1. The first kappa shape index (κ1) is 16.2. The third kappa shape index (κ3) is 3.82. The van der Waals surface area contributed by atoms with E-state index in [4.69, 9.17) is 9.47 Å². The number of ether oxygens (including phenoxy) is 2. The molecule has 2 aromatic rings. The molecule has 0 aliphatic carbocycles. The molecular weight excluding hydrogens is 306 g/mol. The van der Waals surface area contributed by atoms with Gasteiger partial charge >= 0.3 is 0 Å². The van der Waals surface area contributed by atoms with Crippen LogP contribution < -0.4 is 9.47 Å². The molecule has 1 atom stereocenters. The van der Waals surface area contributed by atoms with Crippen LogP contribution in [0.15, 0.2) is 42.6 Å². The van der Waals surface area contributed by atoms with Crippen molar-refractivity contribution in [3.05, 3.63) is 48.2 Å². The van der Waals surface area contributed by atoms with Gasteiger partial charge in [0.05, 0.1) is 18.7 Å². The van der Waals surface area contributed by atoms with Gasteiger partial charge in [-0.1, -0.05) is 12.1 Å². The van der Waals surface area contributed by atoms with Crippen molar-refractivity contribution in [2.75, 3.05) is 19.7 Å². The van der Waals surface area contributed by atoms with E-state index < -0.39 is 0 Å². The van der Waals surface area contributed by atoms with E-state index in [1.54, 1.807) is 24.4 Å². The Labute approximate surface area is 141 Å². The second-order valence-corrected chi connectivity index (χ2v) is 5.62. The van der Waals surface area contributed by atoms with Crippen molar-refractivity contribution in [1.82, 2.24) is 15.1 Å². The normalized spacial score (nSPS) is 17.4. The fraction of sp³-hybridized carbons (Fsp3) is 0.389. The number of hydrogen-bond donors (Lipinski definition) is 0. The summed E-state index contributed by atoms with van der Waals surface area (Å²) >= 11 is 0. The average Bonchev–Trinajstić information content (AvgIpc) is 2.63. The van der Waals surface area contributed by atoms with Crippen LogP contribution >= 0.6 is 0 Å². The second-order valence-electron chi connectivity index (χ2n) is 5.62. The van der Waals surface area contributed by atoms with Gasteiger partial charge in [-0.25, -0.2) is 0 Å². The summed E-state index contributed by atoms with van der Waals surface area (Å²) in [5, 5.41) is 7.76. The van der Waals surface area contributed by atoms with Crippen molar-refractivity contribution in [2.45, 2.75) is 25.9 Å². The first-order valence-electron chi connectivity index (χ1n) is 8.23. The summed E-state index contributed by atoms with van der Waals surface area (Å²) in [6, 6.07) is 10.9. The standard InChI is InChI=1S/C18H21N3O3/c1-2-23-16-9-4-3-8-15(16)18(22)21-12-6-7-14(13-21)24-17-10-5-11-19-20-17/h3-5,8-11,14H,2,6-7,12-13H2,1H3. The monoisotopic (exact) mass is 327 g/mol. The minimum absolute atomic E-state index is 0.0218. The summed E-state index contributed by atoms with van der Waals surface area (Å²) in [7, 11) is 0. The Morgan fingerprint density at radius 3 is 2.96 bits per heavy atom. The molecule has 0 N–H and O–H groups in total. The van der Waals surface area contributed by atoms with E-state index >= 15 is 0 Å². The van der Waals surface area contributed by atoms with Crippen molar-refractivity contribution in [3.63, 3.8) is 0 Å². The molecule has 1 fully saturated rings. The van der Waals surface area contributed by atoms with Gasteiger partial charge in [-0.15, -0.1) is 5.10 Å². The van der Waals surface area contributed by atoms with E-state index in [9.17, 15) is 4.79 Å². The van der Waals surface area contributed by atoms with E-state index in [2.05, 4.69) is 10.2 Å². The van der Waals surface area contributed by atoms with Gasteiger partial charge in [-0.2, -0.15) is 5.10 Å². The van der Waals surface area contributed by atoms with Gasteiger partial charge < -0.3 is 14.4 Å². The Hall–Kier alpha value is -2.63. The van der Waals surface area contributed by atoms with Gasteiger partial charge in [0.1, 0.15) is 11.9 Å². The summed E-state index contributed by atoms with van der Waals surface area (Å²) in [4.78, 5) is 14.7. The predicted octanol–water partition coefficient (Wildman–Crippen LogP) is 2.56. The molecule has 1 unspecified atom stereocenters. The highest BCUT2D eigenvalue weighted by Crippen LogP contribution is 2.23. The van der Waals surface area contributed by atoms with Gasteiger partial charge in [0, 0.05) is 18.8 Å². The lowest BCUT2D eigenvalue weighted by Gasteiger charge is -2.32. The number of carbonyl (C=O) groups is 1. The molecule has 1 amide bonds. The Bertz CT molecular complexity index is 678. The number of likely N-dealkylation sites (tertiary alicyclic amines) is 1. The molecule has 1 aromatic heterocycles. The molecule has 1 aromatic carbocycles. The van der Waals surface area contributed by atoms with Gasteiger partial charge in [0.25, 0.3) is 5.91 Å². The number of amides is 1. The highest BCUT2D eigenvalue weighted by molar-refractivity contribution is 5.97. The lowest BCUT2D eigenvalue weighted by Crippen LogP contribution is -2.44. The molecule has 0 radical (unpaired) electrons. The summed E-state index contributed by atoms with van der Waals surface area (Å²) in [5.74, 6) is 1.10. The van der Waals surface area contributed by atoms with E-state index in [1.807, 2.05) is 30.0 Å². The van der Waals surface area contributed by atoms with Crippen LogP contribution in [-0.2, 0) is 0 Å². The Balaban J connectivity index is 1.69. The van der Waals surface area contributed by atoms with Crippen LogP contribution in [0.25, 0.3) is 0 Å². The van der Waals surface area contributed by atoms with E-state index in [-0.39, 0.29) is 12.0 Å². The zero-order chi connectivity index (χ0) is 16.8. The van der Waals surface area contributed by atoms with Crippen molar-refractivity contribution in [2.24, 2.45) is 0 Å². The number of para-hydroxylation sites is 1. The molecule has 24 heavy (non-hydrogen) atoms. The number of carbonyl (C=O) groups excluding carboxylic acids is 1. The maximum atomic E-state index is 12.9. The highest BCUT2D eigenvalue weighted by atomic mass is 16.5. The summed E-state index contributed by atoms with van der Waals surface area (Å²) in [6.07, 6.45) is 3.33. The quantitative estimate of drug-likeness (QED) is 0.844. The van der Waals surface area contributed by atoms with Gasteiger partial charge in [-0.05, 0) is 38.0 Å². The molecule has 0 saturated carbocycles. The van der Waals surface area contributed by atoms with Crippen LogP contribution in [-0.4, -0.2) is 46.8 Å². The number of aromatic nitrogens is 2. The topological polar surface area (TPSA) is 64.5 Å². The van der Waals surface area contributed by atoms with Crippen molar-refractivity contribution >= 4 is 5.91 Å². The van der Waals surface area contributed by atoms with Crippen molar-refractivity contribution < 1.29 is 14.3 Å². The van der Waals surface area contributed by atoms with Crippen molar-refractivity contribution in [1.29, 1.82) is 0 Å². The molecule has 1 saturated heterocycles. The first-order valence-corrected chi connectivity index (χ1v) is 8.23. The summed E-state index contributed by atoms with van der Waals surface area (Å²) in [5.41, 5.74) is 0.597. The third-order valence-electron chi connectivity index (χ3n) is 3.92. The maximum absolute atomic E-state index is 12.9. The largest absolute Gasteiger partial charge is 0.493 e. The highest BCUT2D eigenvalue weighted by Gasteiger charge is 2.27. The first-order chi connectivity index (χ1) is 11.8. The van der Waals surface area contributed by atoms with Gasteiger partial charge in [0.2, 0.25) is 5.88 Å². The summed E-state index contributed by atoms with van der Waals surface area (Å²) in [6.45, 7) is 3.70. The molecule has 1 aliphatic heterocycles. The smallest absolute Gasteiger partial charge is 0.257 e. The molecule has 2 heterocycles. The van der Waals surface area contributed by atoms with Crippen LogP contribution in [0.5, 0.6) is 11.6 Å². The molecule has 3 rings (SSSR count). The van der Waals surface area contributed by atoms with E-state index in [1.165, 1.54) is 0 Å². The van der Waals surface area contributed by atoms with Gasteiger partial charge in [0.15, 0.2) is 0 Å². The third-order valence-corrected chi connectivity index (χ3v) is 3.92. The molecule has 0 spiro atoms. The van der Waals surface area contributed by atoms with E-state index in [0.29, 0.717) is 30.3 Å². The number of piperidine rings is 1. The molecule has 1 aliphatic rings. The SMILES string of the molecule is CCOc1ccccc1C(=O)N1CCCC(Oc2cccnn2)C1. The zero-order valence-electron chi connectivity index (χ0n) is 13.7. The molecule has 6 heteroatoms. The van der Waals surface area contributed by atoms with E-state index in [0.717, 1.165) is 19.4 Å². The number of hydrogen-bond acceptors (Lipinski definition) is 5. The van der Waals surface area contributed by atoms with Gasteiger partial charge in [-0.3, -0.25) is 4.79 Å². The van der Waals surface area contributed by atoms with Crippen LogP contribution in [0.2, 0.25) is 0 Å². The minimum atomic E-state index is -0.0707. The fourth-order valence-corrected chi connectivity index (χ4v) is 2.83. The second kappa shape index (κ2) is 7.77. The lowest BCUT2D eigenvalue weighted by molar-refractivity contribution is 0.0522. The minimum Gasteiger partial charge on any atom is -0.493 e. The molecule has 0 bridgehead atoms. The Morgan fingerprint density at radius 2 is 2.17 bits per heavy atom. The average molecular weight is 327 g/mol. The number of benzene rings is 1. The van der Waals surface area contributed by atoms with Crippen LogP contribution in [0.1, 0.15) is 30.1 Å². The van der Waals surface area contributed by atoms with Crippen LogP contribution in [0, 0.1) is 0 Å². The predicted molar refractivity (Wildman–Crippen MR) is 89.2 cm³/mol. The maximum Gasteiger partial charge on any atom is 0.257 e. The summed E-state index contributed by atoms with van der Waals surface area (Å²) < 4.78 is 11.4. The fourth-order valence-electron chi connectivity index (χ4n) is 2.83. The zero-order valence-corrected chi connectivity index (χ0v) is 13.7. The number of rotatable bonds is 5. The molecule has 6 nitrogen and oxygen atoms in total. The van der Waals surface area contributed by atoms with Crippen LogP contribution in [0.4, 0.5) is 0 Å². The number of nitrogens with zero attached hydrogens (tertiary/aromatic N) is 3. The van der Waals surface area contributed by atoms with Crippen LogP contribution in [0.3, 0.4) is 0 Å².